The van der Waals surface area contributed by atoms with Crippen LogP contribution in [0.4, 0.5) is 4.39 Å². The Morgan fingerprint density at radius 2 is 1.82 bits per heavy atom. The van der Waals surface area contributed by atoms with Crippen molar-refractivity contribution in [3.05, 3.63) is 35.6 Å². The zero-order chi connectivity index (χ0) is 12.5. The van der Waals surface area contributed by atoms with Crippen molar-refractivity contribution < 1.29 is 12.8 Å². The van der Waals surface area contributed by atoms with E-state index in [4.69, 9.17) is 0 Å². The van der Waals surface area contributed by atoms with Crippen LogP contribution in [0.2, 0.25) is 0 Å². The van der Waals surface area contributed by atoms with E-state index in [-0.39, 0.29) is 5.82 Å². The van der Waals surface area contributed by atoms with E-state index in [1.165, 1.54) is 6.07 Å². The Hall–Kier alpha value is -0.940. The van der Waals surface area contributed by atoms with Gasteiger partial charge in [-0.3, -0.25) is 0 Å². The number of sulfonamides is 1. The van der Waals surface area contributed by atoms with Gasteiger partial charge in [-0.15, -0.1) is 0 Å². The van der Waals surface area contributed by atoms with Crippen LogP contribution in [0.1, 0.15) is 31.2 Å². The molecule has 1 N–H and O–H groups in total. The van der Waals surface area contributed by atoms with Crippen molar-refractivity contribution in [2.75, 3.05) is 6.26 Å². The summed E-state index contributed by atoms with van der Waals surface area (Å²) in [7, 11) is -3.35. The number of benzene rings is 1. The summed E-state index contributed by atoms with van der Waals surface area (Å²) in [5.41, 5.74) is -0.290. The van der Waals surface area contributed by atoms with Gasteiger partial charge in [0.2, 0.25) is 10.0 Å². The van der Waals surface area contributed by atoms with Gasteiger partial charge in [0.1, 0.15) is 5.82 Å². The second-order valence-electron chi connectivity index (χ2n) is 4.64. The first kappa shape index (κ1) is 12.5. The van der Waals surface area contributed by atoms with E-state index >= 15 is 0 Å². The summed E-state index contributed by atoms with van der Waals surface area (Å²) in [5, 5.41) is 0. The van der Waals surface area contributed by atoms with Crippen LogP contribution < -0.4 is 4.72 Å². The van der Waals surface area contributed by atoms with Crippen molar-refractivity contribution >= 4 is 10.0 Å². The fraction of sp³-hybridized carbons (Fsp3) is 0.500. The minimum absolute atomic E-state index is 0.342. The van der Waals surface area contributed by atoms with Crippen molar-refractivity contribution in [3.8, 4) is 0 Å². The van der Waals surface area contributed by atoms with Gasteiger partial charge in [0, 0.05) is 5.56 Å². The maximum absolute atomic E-state index is 13.8. The number of hydrogen-bond donors (Lipinski definition) is 1. The molecule has 5 heteroatoms. The van der Waals surface area contributed by atoms with Crippen molar-refractivity contribution in [3.63, 3.8) is 0 Å². The maximum atomic E-state index is 13.8. The van der Waals surface area contributed by atoms with Gasteiger partial charge in [0.25, 0.3) is 0 Å². The van der Waals surface area contributed by atoms with E-state index in [1.54, 1.807) is 18.2 Å². The standard InChI is InChI=1S/C12H16FNO2S/c1-17(15,16)14-12(8-4-5-9-12)10-6-2-3-7-11(10)13/h2-3,6-7,14H,4-5,8-9H2,1H3. The Bertz CT molecular complexity index is 507. The molecule has 1 aliphatic rings. The zero-order valence-corrected chi connectivity index (χ0v) is 10.6. The lowest BCUT2D eigenvalue weighted by molar-refractivity contribution is 0.387. The van der Waals surface area contributed by atoms with Crippen molar-refractivity contribution in [1.29, 1.82) is 0 Å². The molecule has 0 radical (unpaired) electrons. The molecular formula is C12H16FNO2S. The summed E-state index contributed by atoms with van der Waals surface area (Å²) in [6.45, 7) is 0. The molecule has 0 heterocycles. The molecule has 0 aromatic heterocycles. The summed E-state index contributed by atoms with van der Waals surface area (Å²) in [6, 6.07) is 6.39. The molecule has 2 rings (SSSR count). The normalized spacial score (nSPS) is 19.4. The van der Waals surface area contributed by atoms with Crippen LogP contribution >= 0.6 is 0 Å². The third kappa shape index (κ3) is 2.66. The van der Waals surface area contributed by atoms with Crippen LogP contribution in [-0.4, -0.2) is 14.7 Å². The predicted molar refractivity (Wildman–Crippen MR) is 64.5 cm³/mol. The second-order valence-corrected chi connectivity index (χ2v) is 6.39. The van der Waals surface area contributed by atoms with Crippen molar-refractivity contribution in [2.24, 2.45) is 0 Å². The smallest absolute Gasteiger partial charge is 0.209 e. The Morgan fingerprint density at radius 3 is 2.35 bits per heavy atom. The molecule has 0 amide bonds. The predicted octanol–water partition coefficient (Wildman–Crippen LogP) is 2.14. The summed E-state index contributed by atoms with van der Waals surface area (Å²) >= 11 is 0. The van der Waals surface area contributed by atoms with Gasteiger partial charge in [-0.05, 0) is 18.9 Å². The van der Waals surface area contributed by atoms with Crippen LogP contribution in [0.15, 0.2) is 24.3 Å². The average Bonchev–Trinajstić information content (AvgIpc) is 2.65. The van der Waals surface area contributed by atoms with E-state index in [2.05, 4.69) is 4.72 Å². The monoisotopic (exact) mass is 257 g/mol. The molecule has 0 aliphatic heterocycles. The summed E-state index contributed by atoms with van der Waals surface area (Å²) in [4.78, 5) is 0. The SMILES string of the molecule is CS(=O)(=O)NC1(c2ccccc2F)CCCC1. The fourth-order valence-corrected chi connectivity index (χ4v) is 3.63. The minimum atomic E-state index is -3.35. The molecule has 1 saturated carbocycles. The maximum Gasteiger partial charge on any atom is 0.209 e. The molecule has 0 saturated heterocycles. The van der Waals surface area contributed by atoms with Crippen molar-refractivity contribution in [1.82, 2.24) is 4.72 Å². The number of hydrogen-bond acceptors (Lipinski definition) is 2. The Labute approximate surface area is 101 Å². The lowest BCUT2D eigenvalue weighted by Crippen LogP contribution is -2.43. The molecule has 0 unspecified atom stereocenters. The van der Waals surface area contributed by atoms with E-state index in [0.29, 0.717) is 18.4 Å². The molecule has 0 spiro atoms. The van der Waals surface area contributed by atoms with Gasteiger partial charge in [-0.25, -0.2) is 17.5 Å². The van der Waals surface area contributed by atoms with Gasteiger partial charge < -0.3 is 0 Å². The molecule has 1 aliphatic carbocycles. The molecule has 94 valence electrons. The molecule has 17 heavy (non-hydrogen) atoms. The largest absolute Gasteiger partial charge is 0.213 e. The number of nitrogens with one attached hydrogen (secondary N) is 1. The third-order valence-electron chi connectivity index (χ3n) is 3.23. The van der Waals surface area contributed by atoms with E-state index in [9.17, 15) is 12.8 Å². The quantitative estimate of drug-likeness (QED) is 0.901. The van der Waals surface area contributed by atoms with Gasteiger partial charge in [-0.2, -0.15) is 0 Å². The first-order valence-corrected chi connectivity index (χ1v) is 7.56. The van der Waals surface area contributed by atoms with Gasteiger partial charge >= 0.3 is 0 Å². The molecule has 3 nitrogen and oxygen atoms in total. The lowest BCUT2D eigenvalue weighted by atomic mass is 9.89. The van der Waals surface area contributed by atoms with Gasteiger partial charge in [0.05, 0.1) is 11.8 Å². The lowest BCUT2D eigenvalue weighted by Gasteiger charge is -2.30. The first-order chi connectivity index (χ1) is 7.93. The highest BCUT2D eigenvalue weighted by Crippen LogP contribution is 2.40. The van der Waals surface area contributed by atoms with Gasteiger partial charge in [-0.1, -0.05) is 31.0 Å². The Balaban J connectivity index is 2.45. The molecule has 1 fully saturated rings. The molecule has 0 atom stereocenters. The summed E-state index contributed by atoms with van der Waals surface area (Å²) in [5.74, 6) is -0.342. The second kappa shape index (κ2) is 4.38. The topological polar surface area (TPSA) is 46.2 Å². The van der Waals surface area contributed by atoms with Crippen LogP contribution in [0.5, 0.6) is 0 Å². The molecule has 1 aromatic rings. The number of rotatable bonds is 3. The summed E-state index contributed by atoms with van der Waals surface area (Å²) < 4.78 is 39.3. The molecular weight excluding hydrogens is 241 g/mol. The van der Waals surface area contributed by atoms with Crippen LogP contribution in [0.3, 0.4) is 0 Å². The highest BCUT2D eigenvalue weighted by molar-refractivity contribution is 7.88. The Morgan fingerprint density at radius 1 is 1.24 bits per heavy atom. The molecule has 1 aromatic carbocycles. The third-order valence-corrected chi connectivity index (χ3v) is 3.99. The average molecular weight is 257 g/mol. The highest BCUT2D eigenvalue weighted by atomic mass is 32.2. The van der Waals surface area contributed by atoms with Gasteiger partial charge in [0.15, 0.2) is 0 Å². The summed E-state index contributed by atoms with van der Waals surface area (Å²) in [6.07, 6.45) is 4.25. The van der Waals surface area contributed by atoms with Crippen LogP contribution in [0.25, 0.3) is 0 Å². The highest BCUT2D eigenvalue weighted by Gasteiger charge is 2.39. The van der Waals surface area contributed by atoms with Crippen LogP contribution in [-0.2, 0) is 15.6 Å². The van der Waals surface area contributed by atoms with E-state index in [0.717, 1.165) is 19.1 Å². The van der Waals surface area contributed by atoms with E-state index < -0.39 is 15.6 Å². The Kier molecular flexibility index (Phi) is 3.23. The molecule has 0 bridgehead atoms. The van der Waals surface area contributed by atoms with Crippen molar-refractivity contribution in [2.45, 2.75) is 31.2 Å². The first-order valence-electron chi connectivity index (χ1n) is 5.67. The van der Waals surface area contributed by atoms with E-state index in [1.807, 2.05) is 0 Å². The van der Waals surface area contributed by atoms with Crippen LogP contribution in [0, 0.1) is 5.82 Å². The number of halogens is 1. The zero-order valence-electron chi connectivity index (χ0n) is 9.74. The minimum Gasteiger partial charge on any atom is -0.213 e. The fourth-order valence-electron chi connectivity index (χ4n) is 2.61.